The zero-order valence-corrected chi connectivity index (χ0v) is 12.3. The summed E-state index contributed by atoms with van der Waals surface area (Å²) < 4.78 is 1.90. The fraction of sp³-hybridized carbons (Fsp3) is 0.429. The first kappa shape index (κ1) is 15.7. The Morgan fingerprint density at radius 3 is 2.58 bits per heavy atom. The van der Waals surface area contributed by atoms with Gasteiger partial charge in [-0.15, -0.1) is 17.5 Å². The maximum absolute atomic E-state index is 4.20. The lowest BCUT2D eigenvalue weighted by Crippen LogP contribution is -2.13. The molecule has 0 unspecified atom stereocenters. The van der Waals surface area contributed by atoms with Crippen molar-refractivity contribution in [2.75, 3.05) is 20.6 Å². The molecule has 0 saturated heterocycles. The Hall–Kier alpha value is -1.39. The molecular formula is C14H21ClN4. The molecular weight excluding hydrogens is 260 g/mol. The summed E-state index contributed by atoms with van der Waals surface area (Å²) in [4.78, 5) is 2.19. The average Bonchev–Trinajstić information content (AvgIpc) is 2.78. The molecule has 0 fully saturated rings. The van der Waals surface area contributed by atoms with Crippen LogP contribution in [-0.4, -0.2) is 40.5 Å². The molecule has 2 rings (SSSR count). The van der Waals surface area contributed by atoms with Crippen LogP contribution in [0.3, 0.4) is 0 Å². The summed E-state index contributed by atoms with van der Waals surface area (Å²) in [6.07, 6.45) is 4.16. The highest BCUT2D eigenvalue weighted by molar-refractivity contribution is 5.85. The number of nitrogens with zero attached hydrogens (tertiary/aromatic N) is 4. The minimum absolute atomic E-state index is 0. The van der Waals surface area contributed by atoms with Crippen molar-refractivity contribution in [1.82, 2.24) is 19.9 Å². The van der Waals surface area contributed by atoms with E-state index in [9.17, 15) is 0 Å². The van der Waals surface area contributed by atoms with E-state index in [0.717, 1.165) is 31.6 Å². The molecule has 0 atom stereocenters. The lowest BCUT2D eigenvalue weighted by molar-refractivity contribution is 0.399. The molecule has 0 saturated carbocycles. The van der Waals surface area contributed by atoms with Crippen LogP contribution in [-0.2, 0) is 13.0 Å². The zero-order valence-electron chi connectivity index (χ0n) is 11.5. The molecule has 5 heteroatoms. The molecule has 2 aromatic rings. The van der Waals surface area contributed by atoms with E-state index >= 15 is 0 Å². The molecule has 1 heterocycles. The van der Waals surface area contributed by atoms with E-state index in [0.29, 0.717) is 0 Å². The van der Waals surface area contributed by atoms with E-state index in [2.05, 4.69) is 41.4 Å². The van der Waals surface area contributed by atoms with Gasteiger partial charge in [-0.2, -0.15) is 0 Å². The second kappa shape index (κ2) is 7.92. The van der Waals surface area contributed by atoms with Gasteiger partial charge in [0.05, 0.1) is 12.2 Å². The second-order valence-corrected chi connectivity index (χ2v) is 4.80. The van der Waals surface area contributed by atoms with E-state index in [4.69, 9.17) is 0 Å². The van der Waals surface area contributed by atoms with Crippen molar-refractivity contribution < 1.29 is 0 Å². The van der Waals surface area contributed by atoms with Gasteiger partial charge >= 0.3 is 0 Å². The van der Waals surface area contributed by atoms with Crippen LogP contribution in [0.15, 0.2) is 36.5 Å². The van der Waals surface area contributed by atoms with Gasteiger partial charge in [0.2, 0.25) is 0 Å². The Morgan fingerprint density at radius 1 is 1.16 bits per heavy atom. The Kier molecular flexibility index (Phi) is 6.53. The molecule has 0 amide bonds. The van der Waals surface area contributed by atoms with Crippen LogP contribution in [0.25, 0.3) is 0 Å². The highest BCUT2D eigenvalue weighted by Gasteiger charge is 2.01. The lowest BCUT2D eigenvalue weighted by atomic mass is 10.2. The summed E-state index contributed by atoms with van der Waals surface area (Å²) >= 11 is 0. The van der Waals surface area contributed by atoms with Gasteiger partial charge in [0.25, 0.3) is 0 Å². The minimum Gasteiger partial charge on any atom is -0.309 e. The van der Waals surface area contributed by atoms with E-state index in [-0.39, 0.29) is 12.4 Å². The molecule has 0 aliphatic heterocycles. The van der Waals surface area contributed by atoms with Crippen molar-refractivity contribution in [2.24, 2.45) is 0 Å². The van der Waals surface area contributed by atoms with Crippen LogP contribution in [0, 0.1) is 0 Å². The van der Waals surface area contributed by atoms with Gasteiger partial charge in [-0.25, -0.2) is 4.68 Å². The van der Waals surface area contributed by atoms with Crippen LogP contribution < -0.4 is 0 Å². The van der Waals surface area contributed by atoms with Gasteiger partial charge in [0.1, 0.15) is 0 Å². The summed E-state index contributed by atoms with van der Waals surface area (Å²) in [6, 6.07) is 10.3. The average molecular weight is 281 g/mol. The van der Waals surface area contributed by atoms with Crippen LogP contribution in [0.2, 0.25) is 0 Å². The van der Waals surface area contributed by atoms with Gasteiger partial charge < -0.3 is 4.90 Å². The largest absolute Gasteiger partial charge is 0.309 e. The van der Waals surface area contributed by atoms with Gasteiger partial charge in [-0.05, 0) is 39.0 Å². The first-order chi connectivity index (χ1) is 8.74. The number of hydrogen-bond acceptors (Lipinski definition) is 3. The SMILES string of the molecule is CN(C)CCCc1cn(Cc2ccccc2)nn1.Cl. The quantitative estimate of drug-likeness (QED) is 0.814. The molecule has 19 heavy (non-hydrogen) atoms. The topological polar surface area (TPSA) is 34.0 Å². The maximum atomic E-state index is 4.20. The van der Waals surface area contributed by atoms with Crippen LogP contribution in [0.5, 0.6) is 0 Å². The smallest absolute Gasteiger partial charge is 0.0827 e. The summed E-state index contributed by atoms with van der Waals surface area (Å²) in [6.45, 7) is 1.88. The number of rotatable bonds is 6. The molecule has 104 valence electrons. The molecule has 0 aliphatic rings. The predicted molar refractivity (Wildman–Crippen MR) is 79.7 cm³/mol. The number of halogens is 1. The third kappa shape index (κ3) is 5.41. The summed E-state index contributed by atoms with van der Waals surface area (Å²) in [7, 11) is 4.18. The molecule has 1 aromatic carbocycles. The summed E-state index contributed by atoms with van der Waals surface area (Å²) in [5.74, 6) is 0. The monoisotopic (exact) mass is 280 g/mol. The minimum atomic E-state index is 0. The molecule has 0 bridgehead atoms. The second-order valence-electron chi connectivity index (χ2n) is 4.80. The maximum Gasteiger partial charge on any atom is 0.0827 e. The predicted octanol–water partition coefficient (Wildman–Crippen LogP) is 2.24. The standard InChI is InChI=1S/C14H20N4.ClH/c1-17(2)10-6-9-14-12-18(16-15-14)11-13-7-4-3-5-8-13;/h3-5,7-8,12H,6,9-11H2,1-2H3;1H. The number of aryl methyl sites for hydroxylation is 1. The lowest BCUT2D eigenvalue weighted by Gasteiger charge is -2.06. The van der Waals surface area contributed by atoms with Gasteiger partial charge in [-0.3, -0.25) is 0 Å². The Bertz CT molecular complexity index is 467. The first-order valence-electron chi connectivity index (χ1n) is 6.32. The van der Waals surface area contributed by atoms with Crippen molar-refractivity contribution in [3.63, 3.8) is 0 Å². The highest BCUT2D eigenvalue weighted by atomic mass is 35.5. The Morgan fingerprint density at radius 2 is 1.89 bits per heavy atom. The highest BCUT2D eigenvalue weighted by Crippen LogP contribution is 2.03. The van der Waals surface area contributed by atoms with Crippen molar-refractivity contribution in [2.45, 2.75) is 19.4 Å². The summed E-state index contributed by atoms with van der Waals surface area (Å²) in [5.41, 5.74) is 2.33. The molecule has 4 nitrogen and oxygen atoms in total. The number of aromatic nitrogens is 3. The molecule has 0 N–H and O–H groups in total. The van der Waals surface area contributed by atoms with Crippen molar-refractivity contribution in [1.29, 1.82) is 0 Å². The van der Waals surface area contributed by atoms with Crippen molar-refractivity contribution >= 4 is 12.4 Å². The third-order valence-corrected chi connectivity index (χ3v) is 2.81. The fourth-order valence-corrected chi connectivity index (χ4v) is 1.88. The van der Waals surface area contributed by atoms with Crippen LogP contribution >= 0.6 is 12.4 Å². The molecule has 0 radical (unpaired) electrons. The Labute approximate surface area is 120 Å². The van der Waals surface area contributed by atoms with Crippen LogP contribution in [0.4, 0.5) is 0 Å². The van der Waals surface area contributed by atoms with E-state index in [1.165, 1.54) is 5.56 Å². The third-order valence-electron chi connectivity index (χ3n) is 2.81. The summed E-state index contributed by atoms with van der Waals surface area (Å²) in [5, 5.41) is 8.37. The zero-order chi connectivity index (χ0) is 12.8. The fourth-order valence-electron chi connectivity index (χ4n) is 1.88. The molecule has 0 spiro atoms. The molecule has 1 aromatic heterocycles. The normalized spacial score (nSPS) is 10.5. The van der Waals surface area contributed by atoms with E-state index in [1.807, 2.05) is 29.1 Å². The van der Waals surface area contributed by atoms with Crippen molar-refractivity contribution in [3.8, 4) is 0 Å². The number of benzene rings is 1. The van der Waals surface area contributed by atoms with Gasteiger partial charge in [0.15, 0.2) is 0 Å². The van der Waals surface area contributed by atoms with Gasteiger partial charge in [0, 0.05) is 6.20 Å². The van der Waals surface area contributed by atoms with E-state index < -0.39 is 0 Å². The van der Waals surface area contributed by atoms with Crippen LogP contribution in [0.1, 0.15) is 17.7 Å². The molecule has 0 aliphatic carbocycles. The van der Waals surface area contributed by atoms with Crippen molar-refractivity contribution in [3.05, 3.63) is 47.8 Å². The van der Waals surface area contributed by atoms with E-state index in [1.54, 1.807) is 0 Å². The number of hydrogen-bond donors (Lipinski definition) is 0. The Balaban J connectivity index is 0.00000180. The first-order valence-corrected chi connectivity index (χ1v) is 6.32. The van der Waals surface area contributed by atoms with Gasteiger partial charge in [-0.1, -0.05) is 35.5 Å².